The van der Waals surface area contributed by atoms with Crippen molar-refractivity contribution >= 4 is 32.3 Å². The summed E-state index contributed by atoms with van der Waals surface area (Å²) in [5.41, 5.74) is 0.722. The number of nitrogens with zero attached hydrogens (tertiary/aromatic N) is 2. The third kappa shape index (κ3) is 5.34. The minimum atomic E-state index is -4.63. The molecule has 0 atom stereocenters. The zero-order valence-corrected chi connectivity index (χ0v) is 20.7. The molecule has 10 heteroatoms. The summed E-state index contributed by atoms with van der Waals surface area (Å²) in [7, 11) is -3.30. The SMILES string of the molecule is COc1cc(S(=O)(=O)[O-])c(C)cc1N=Nc1c(O)ccc2c[c-]ccc12.[Na+].[Na+]. The van der Waals surface area contributed by atoms with Crippen LogP contribution in [0.25, 0.3) is 10.8 Å². The molecule has 0 amide bonds. The average molecular weight is 416 g/mol. The first-order chi connectivity index (χ1) is 12.3. The molecule has 0 aromatic heterocycles. The van der Waals surface area contributed by atoms with Gasteiger partial charge in [-0.15, -0.1) is 21.7 Å². The number of rotatable bonds is 4. The Morgan fingerprint density at radius 2 is 1.86 bits per heavy atom. The predicted molar refractivity (Wildman–Crippen MR) is 94.3 cm³/mol. The number of phenolic OH excluding ortho intramolecular Hbond substituents is 1. The van der Waals surface area contributed by atoms with Gasteiger partial charge in [-0.2, -0.15) is 24.3 Å². The summed E-state index contributed by atoms with van der Waals surface area (Å²) in [6.07, 6.45) is 0. The normalized spacial score (nSPS) is 11.1. The van der Waals surface area contributed by atoms with E-state index in [0.717, 1.165) is 11.5 Å². The molecular formula is C18H14N2Na2O5S. The van der Waals surface area contributed by atoms with E-state index in [9.17, 15) is 18.1 Å². The summed E-state index contributed by atoms with van der Waals surface area (Å²) in [5, 5.41) is 19.8. The molecule has 0 aliphatic rings. The van der Waals surface area contributed by atoms with Crippen LogP contribution in [0.15, 0.2) is 57.6 Å². The van der Waals surface area contributed by atoms with Crippen molar-refractivity contribution in [1.29, 1.82) is 0 Å². The minimum absolute atomic E-state index is 0. The van der Waals surface area contributed by atoms with E-state index in [1.54, 1.807) is 24.3 Å². The number of ether oxygens (including phenoxy) is 1. The fraction of sp³-hybridized carbons (Fsp3) is 0.111. The largest absolute Gasteiger partial charge is 1.00 e. The molecule has 134 valence electrons. The Kier molecular flexibility index (Phi) is 9.11. The summed E-state index contributed by atoms with van der Waals surface area (Å²) >= 11 is 0. The standard InChI is InChI=1S/C18H15N2O5S.2Na/c1-11-9-14(16(25-2)10-17(11)26(22,23)24)19-20-18-13-6-4-3-5-12(13)7-8-15(18)21;;/h4-10,21H,1-2H3,(H,22,23,24);;/q-1;2*+1/p-1. The number of hydrogen-bond acceptors (Lipinski definition) is 7. The first-order valence-electron chi connectivity index (χ1n) is 7.49. The summed E-state index contributed by atoms with van der Waals surface area (Å²) in [6.45, 7) is 1.48. The van der Waals surface area contributed by atoms with Gasteiger partial charge in [0.05, 0.1) is 12.0 Å². The monoisotopic (exact) mass is 416 g/mol. The molecule has 3 aromatic carbocycles. The molecule has 1 N–H and O–H groups in total. The van der Waals surface area contributed by atoms with Gasteiger partial charge in [-0.25, -0.2) is 8.42 Å². The van der Waals surface area contributed by atoms with Crippen LogP contribution in [0.3, 0.4) is 0 Å². The molecule has 0 unspecified atom stereocenters. The van der Waals surface area contributed by atoms with E-state index in [-0.39, 0.29) is 92.4 Å². The van der Waals surface area contributed by atoms with E-state index in [2.05, 4.69) is 16.3 Å². The number of aromatic hydroxyl groups is 1. The van der Waals surface area contributed by atoms with Crippen LogP contribution in [0.4, 0.5) is 11.4 Å². The van der Waals surface area contributed by atoms with Crippen molar-refractivity contribution < 1.29 is 81.9 Å². The van der Waals surface area contributed by atoms with E-state index >= 15 is 0 Å². The van der Waals surface area contributed by atoms with E-state index in [0.29, 0.717) is 5.39 Å². The van der Waals surface area contributed by atoms with Crippen molar-refractivity contribution in [3.8, 4) is 11.5 Å². The number of benzene rings is 3. The summed E-state index contributed by atoms with van der Waals surface area (Å²) in [6, 6.07) is 13.9. The van der Waals surface area contributed by atoms with Crippen LogP contribution in [0.2, 0.25) is 0 Å². The molecule has 28 heavy (non-hydrogen) atoms. The van der Waals surface area contributed by atoms with Gasteiger partial charge in [-0.05, 0) is 24.6 Å². The van der Waals surface area contributed by atoms with Gasteiger partial charge in [0.1, 0.15) is 33.0 Å². The van der Waals surface area contributed by atoms with Crippen molar-refractivity contribution in [2.24, 2.45) is 10.2 Å². The zero-order valence-electron chi connectivity index (χ0n) is 15.9. The molecule has 0 fully saturated rings. The summed E-state index contributed by atoms with van der Waals surface area (Å²) in [4.78, 5) is -0.378. The van der Waals surface area contributed by atoms with Crippen LogP contribution < -0.4 is 63.9 Å². The van der Waals surface area contributed by atoms with Gasteiger partial charge in [0, 0.05) is 6.07 Å². The second-order valence-electron chi connectivity index (χ2n) is 5.52. The fourth-order valence-corrected chi connectivity index (χ4v) is 3.26. The number of aryl methyl sites for hydroxylation is 1. The second-order valence-corrected chi connectivity index (χ2v) is 6.87. The zero-order chi connectivity index (χ0) is 18.9. The molecule has 0 spiro atoms. The average Bonchev–Trinajstić information content (AvgIpc) is 2.60. The van der Waals surface area contributed by atoms with Crippen molar-refractivity contribution in [3.63, 3.8) is 0 Å². The Hall–Kier alpha value is -0.970. The van der Waals surface area contributed by atoms with Gasteiger partial charge in [-0.3, -0.25) is 0 Å². The molecule has 0 bridgehead atoms. The fourth-order valence-electron chi connectivity index (χ4n) is 2.56. The van der Waals surface area contributed by atoms with E-state index in [4.69, 9.17) is 4.74 Å². The summed E-state index contributed by atoms with van der Waals surface area (Å²) < 4.78 is 39.0. The molecule has 0 radical (unpaired) electrons. The number of hydrogen-bond donors (Lipinski definition) is 1. The van der Waals surface area contributed by atoms with Crippen LogP contribution in [-0.2, 0) is 10.1 Å². The Labute approximate surface area is 207 Å². The van der Waals surface area contributed by atoms with Gasteiger partial charge >= 0.3 is 59.1 Å². The van der Waals surface area contributed by atoms with Gasteiger partial charge < -0.3 is 14.4 Å². The van der Waals surface area contributed by atoms with Crippen LogP contribution in [-0.4, -0.2) is 25.2 Å². The molecule has 0 heterocycles. The van der Waals surface area contributed by atoms with E-state index in [1.165, 1.54) is 26.2 Å². The van der Waals surface area contributed by atoms with E-state index < -0.39 is 10.1 Å². The molecule has 0 aliphatic heterocycles. The maximum absolute atomic E-state index is 11.3. The van der Waals surface area contributed by atoms with Gasteiger partial charge in [0.15, 0.2) is 0 Å². The van der Waals surface area contributed by atoms with Crippen LogP contribution in [0.5, 0.6) is 11.5 Å². The third-order valence-corrected chi connectivity index (χ3v) is 4.80. The Bertz CT molecular complexity index is 1130. The Balaban J connectivity index is 0.00000196. The van der Waals surface area contributed by atoms with Crippen LogP contribution in [0, 0.1) is 13.0 Å². The van der Waals surface area contributed by atoms with Gasteiger partial charge in [0.25, 0.3) is 0 Å². The van der Waals surface area contributed by atoms with Crippen molar-refractivity contribution in [3.05, 3.63) is 54.1 Å². The van der Waals surface area contributed by atoms with Crippen LogP contribution in [0.1, 0.15) is 5.56 Å². The molecular weight excluding hydrogens is 402 g/mol. The molecule has 3 rings (SSSR count). The quantitative estimate of drug-likeness (QED) is 0.229. The topological polar surface area (TPSA) is 111 Å². The van der Waals surface area contributed by atoms with Crippen LogP contribution >= 0.6 is 0 Å². The first-order valence-corrected chi connectivity index (χ1v) is 8.90. The van der Waals surface area contributed by atoms with Gasteiger partial charge in [0.2, 0.25) is 0 Å². The smallest absolute Gasteiger partial charge is 0.744 e. The Morgan fingerprint density at radius 1 is 1.14 bits per heavy atom. The van der Waals surface area contributed by atoms with Gasteiger partial charge in [-0.1, -0.05) is 5.39 Å². The second kappa shape index (κ2) is 10.2. The molecule has 0 aliphatic carbocycles. The van der Waals surface area contributed by atoms with Crippen molar-refractivity contribution in [2.45, 2.75) is 11.8 Å². The first kappa shape index (κ1) is 25.1. The predicted octanol–water partition coefficient (Wildman–Crippen LogP) is -2.01. The number of fused-ring (bicyclic) bond motifs is 1. The summed E-state index contributed by atoms with van der Waals surface area (Å²) in [5.74, 6) is 0.0312. The molecule has 7 nitrogen and oxygen atoms in total. The Morgan fingerprint density at radius 3 is 2.50 bits per heavy atom. The molecule has 3 aromatic rings. The number of phenols is 1. The third-order valence-electron chi connectivity index (χ3n) is 3.82. The van der Waals surface area contributed by atoms with E-state index in [1.807, 2.05) is 0 Å². The minimum Gasteiger partial charge on any atom is -0.744 e. The maximum Gasteiger partial charge on any atom is 1.00 e. The maximum atomic E-state index is 11.3. The molecule has 0 saturated carbocycles. The number of azo groups is 1. The van der Waals surface area contributed by atoms with Crippen molar-refractivity contribution in [2.75, 3.05) is 7.11 Å². The number of methoxy groups -OCH3 is 1. The molecule has 0 saturated heterocycles. The van der Waals surface area contributed by atoms with Crippen molar-refractivity contribution in [1.82, 2.24) is 0 Å².